The second kappa shape index (κ2) is 20.1. The molecule has 0 aromatic heterocycles. The molecule has 0 aliphatic carbocycles. The molecule has 0 saturated heterocycles. The molecule has 82 heavy (non-hydrogen) atoms. The first-order valence-electron chi connectivity index (χ1n) is 23.4. The second-order valence-corrected chi connectivity index (χ2v) is 23.9. The molecule has 0 heterocycles. The van der Waals surface area contributed by atoms with Crippen molar-refractivity contribution in [1.29, 1.82) is 21.6 Å². The standard InChI is InChI=1S/C54H30N8O16S4/c1-27-26-44(76-80(69,70)46-12-4-8-34-30(46)16-21-40(60-56)50(34)64)28(2)25-38(27)37-19-24-43(75-79(67,68)45-11-3-7-33-29(45)15-20-39(59-55)49(33)63)54(78-82(73,74)48-14-6-10-36-32(48)18-23-42(62-58)52(36)66)53(37)77-81(71,72)47-13-5-9-35-31(47)17-22-41(61-57)51(35)65/h3-26H,1-2H3/p+4. The Morgan fingerprint density at radius 1 is 0.329 bits per heavy atom. The van der Waals surface area contributed by atoms with E-state index in [0.29, 0.717) is 0 Å². The van der Waals surface area contributed by atoms with Crippen molar-refractivity contribution in [2.75, 3.05) is 0 Å². The summed E-state index contributed by atoms with van der Waals surface area (Å²) in [6, 6.07) is 27.9. The van der Waals surface area contributed by atoms with Gasteiger partial charge < -0.3 is 37.2 Å². The van der Waals surface area contributed by atoms with Crippen molar-refractivity contribution < 1.29 is 70.8 Å². The average molecular weight is 1180 g/mol. The quantitative estimate of drug-likeness (QED) is 0.0615. The van der Waals surface area contributed by atoms with E-state index in [-0.39, 0.29) is 88.3 Å². The number of rotatable bonds is 13. The van der Waals surface area contributed by atoms with E-state index in [2.05, 4.69) is 19.9 Å². The molecule has 406 valence electrons. The largest absolute Gasteiger partial charge is 0.501 e. The summed E-state index contributed by atoms with van der Waals surface area (Å²) in [5.41, 5.74) is -1.69. The number of hydrogen-bond acceptors (Lipinski definition) is 20. The zero-order chi connectivity index (χ0) is 58.8. The van der Waals surface area contributed by atoms with Crippen LogP contribution in [0.15, 0.2) is 165 Å². The summed E-state index contributed by atoms with van der Waals surface area (Å²) in [6.45, 7) is 2.80. The molecule has 0 aliphatic heterocycles. The fourth-order valence-corrected chi connectivity index (χ4v) is 13.9. The van der Waals surface area contributed by atoms with E-state index < -0.39 is 106 Å². The number of phenols is 4. The SMILES string of the molecule is Cc1cc(-c2ccc(OS(=O)(=O)c3cccc4c(O)c([N+]#N)ccc34)c(OS(=O)(=O)c3cccc4c(O)c([N+]#N)ccc34)c2OS(=O)(=O)c2cccc3c(O)c([N+]#N)ccc23)c(C)cc1OS(=O)(=O)c1cccc2c(O)c([N+]#N)ccc12. The highest BCUT2D eigenvalue weighted by molar-refractivity contribution is 7.88. The Hall–Kier alpha value is -10.9. The Balaban J connectivity index is 1.22. The first-order chi connectivity index (χ1) is 38.9. The molecule has 0 unspecified atom stereocenters. The lowest BCUT2D eigenvalue weighted by Crippen LogP contribution is -2.17. The maximum atomic E-state index is 15.1. The summed E-state index contributed by atoms with van der Waals surface area (Å²) in [5, 5.41) is 80.1. The molecule has 4 N–H and O–H groups in total. The molecule has 10 aromatic rings. The third-order valence-electron chi connectivity index (χ3n) is 13.1. The Morgan fingerprint density at radius 3 is 0.988 bits per heavy atom. The van der Waals surface area contributed by atoms with Crippen molar-refractivity contribution in [3.63, 3.8) is 0 Å². The van der Waals surface area contributed by atoms with Gasteiger partial charge in [-0.2, -0.15) is 33.7 Å². The molecule has 24 nitrogen and oxygen atoms in total. The van der Waals surface area contributed by atoms with Crippen LogP contribution in [0.1, 0.15) is 11.1 Å². The summed E-state index contributed by atoms with van der Waals surface area (Å²) in [6.07, 6.45) is 0. The van der Waals surface area contributed by atoms with Crippen LogP contribution in [0.4, 0.5) is 22.7 Å². The lowest BCUT2D eigenvalue weighted by atomic mass is 9.96. The Kier molecular flexibility index (Phi) is 13.3. The Labute approximate surface area is 463 Å². The summed E-state index contributed by atoms with van der Waals surface area (Å²) in [4.78, 5) is 9.49. The zero-order valence-electron chi connectivity index (χ0n) is 41.8. The van der Waals surface area contributed by atoms with Gasteiger partial charge in [0.15, 0.2) is 31.4 Å². The normalized spacial score (nSPS) is 11.8. The van der Waals surface area contributed by atoms with Crippen molar-refractivity contribution >= 4 is 106 Å². The van der Waals surface area contributed by atoms with Crippen molar-refractivity contribution in [3.8, 4) is 57.1 Å². The molecule has 10 aromatic carbocycles. The number of diazo groups is 4. The van der Waals surface area contributed by atoms with E-state index in [9.17, 15) is 67.3 Å². The molecular formula is C54H34N8O16S4+4. The molecule has 0 amide bonds. The van der Waals surface area contributed by atoms with Crippen LogP contribution in [-0.4, -0.2) is 54.1 Å². The van der Waals surface area contributed by atoms with Crippen LogP contribution in [0, 0.1) is 35.4 Å². The highest BCUT2D eigenvalue weighted by atomic mass is 32.2. The van der Waals surface area contributed by atoms with Gasteiger partial charge in [0.1, 0.15) is 25.3 Å². The van der Waals surface area contributed by atoms with Crippen molar-refractivity contribution in [2.45, 2.75) is 33.4 Å². The number of aromatic hydroxyl groups is 4. The predicted octanol–water partition coefficient (Wildman–Crippen LogP) is 12.4. The number of benzene rings is 10. The van der Waals surface area contributed by atoms with E-state index in [1.165, 1.54) is 92.7 Å². The van der Waals surface area contributed by atoms with Gasteiger partial charge in [-0.1, -0.05) is 48.5 Å². The number of phenolic OH excluding ortho intramolecular Hbond substituents is 4. The van der Waals surface area contributed by atoms with Crippen LogP contribution < -0.4 is 16.7 Å². The Morgan fingerprint density at radius 2 is 0.646 bits per heavy atom. The average Bonchev–Trinajstić information content (AvgIpc) is 3.62. The minimum atomic E-state index is -5.46. The second-order valence-electron chi connectivity index (χ2n) is 17.9. The van der Waals surface area contributed by atoms with Gasteiger partial charge in [0.25, 0.3) is 0 Å². The van der Waals surface area contributed by atoms with Crippen LogP contribution in [0.2, 0.25) is 0 Å². The molecule has 0 fully saturated rings. The topological polar surface area (TPSA) is 367 Å². The maximum Gasteiger partial charge on any atom is 0.426 e. The van der Waals surface area contributed by atoms with Crippen LogP contribution in [0.3, 0.4) is 0 Å². The fraction of sp³-hybridized carbons (Fsp3) is 0.0370. The Bertz CT molecular complexity index is 5150. The molecule has 0 radical (unpaired) electrons. The minimum absolute atomic E-state index is 0.00791. The van der Waals surface area contributed by atoms with Crippen molar-refractivity contribution in [1.82, 2.24) is 0 Å². The van der Waals surface area contributed by atoms with E-state index in [0.717, 1.165) is 66.7 Å². The summed E-state index contributed by atoms with van der Waals surface area (Å²) >= 11 is 0. The summed E-state index contributed by atoms with van der Waals surface area (Å²) in [5.74, 6) is -6.25. The smallest absolute Gasteiger partial charge is 0.426 e. The highest BCUT2D eigenvalue weighted by Gasteiger charge is 2.36. The van der Waals surface area contributed by atoms with Gasteiger partial charge in [-0.25, -0.2) is 0 Å². The molecule has 10 rings (SSSR count). The van der Waals surface area contributed by atoms with E-state index >= 15 is 8.42 Å². The van der Waals surface area contributed by atoms with E-state index in [4.69, 9.17) is 16.7 Å². The zero-order valence-corrected chi connectivity index (χ0v) is 45.0. The molecule has 0 aliphatic rings. The van der Waals surface area contributed by atoms with Crippen LogP contribution >= 0.6 is 0 Å². The molecule has 0 atom stereocenters. The van der Waals surface area contributed by atoms with Crippen molar-refractivity contribution in [3.05, 3.63) is 177 Å². The minimum Gasteiger partial charge on any atom is -0.501 e. The van der Waals surface area contributed by atoms with Crippen LogP contribution in [0.5, 0.6) is 46.0 Å². The number of aryl methyl sites for hydroxylation is 2. The molecule has 28 heteroatoms. The summed E-state index contributed by atoms with van der Waals surface area (Å²) in [7, 11) is -21.0. The fourth-order valence-electron chi connectivity index (χ4n) is 9.19. The highest BCUT2D eigenvalue weighted by Crippen LogP contribution is 2.51. The van der Waals surface area contributed by atoms with E-state index in [1.807, 2.05) is 0 Å². The number of nitrogens with zero attached hydrogens (tertiary/aromatic N) is 8. The van der Waals surface area contributed by atoms with E-state index in [1.54, 1.807) is 0 Å². The third-order valence-corrected chi connectivity index (χ3v) is 18.2. The number of hydrogen-bond donors (Lipinski definition) is 4. The van der Waals surface area contributed by atoms with Crippen LogP contribution in [-0.2, 0) is 40.5 Å². The monoisotopic (exact) mass is 1180 g/mol. The van der Waals surface area contributed by atoms with Gasteiger partial charge in [-0.3, -0.25) is 0 Å². The van der Waals surface area contributed by atoms with Gasteiger partial charge in [0.05, 0.1) is 0 Å². The van der Waals surface area contributed by atoms with Gasteiger partial charge in [-0.05, 0) is 103 Å². The van der Waals surface area contributed by atoms with Gasteiger partial charge in [0, 0.05) is 72.9 Å². The third kappa shape index (κ3) is 9.26. The first-order valence-corrected chi connectivity index (χ1v) is 29.0. The lowest BCUT2D eigenvalue weighted by molar-refractivity contribution is 0.429. The molecule has 0 saturated carbocycles. The lowest BCUT2D eigenvalue weighted by Gasteiger charge is -2.21. The van der Waals surface area contributed by atoms with Crippen LogP contribution in [0.25, 0.3) is 74.1 Å². The number of fused-ring (bicyclic) bond motifs is 4. The maximum absolute atomic E-state index is 15.1. The summed E-state index contributed by atoms with van der Waals surface area (Å²) < 4.78 is 141. The molecular weight excluding hydrogens is 1140 g/mol. The van der Waals surface area contributed by atoms with Gasteiger partial charge >= 0.3 is 63.2 Å². The van der Waals surface area contributed by atoms with Gasteiger partial charge in [-0.15, -0.1) is 0 Å². The predicted molar refractivity (Wildman–Crippen MR) is 294 cm³/mol. The first kappa shape index (κ1) is 54.5. The molecule has 0 bridgehead atoms. The van der Waals surface area contributed by atoms with Gasteiger partial charge in [0.2, 0.25) is 50.3 Å². The molecule has 0 spiro atoms. The van der Waals surface area contributed by atoms with Crippen molar-refractivity contribution in [2.24, 2.45) is 0 Å².